The highest BCUT2D eigenvalue weighted by Gasteiger charge is 2.59. The molecular weight excluding hydrogens is 1120 g/mol. The molecule has 0 aliphatic carbocycles. The van der Waals surface area contributed by atoms with Crippen molar-refractivity contribution in [2.45, 2.75) is 131 Å². The number of amides is 1. The topological polar surface area (TPSA) is 166 Å². The summed E-state index contributed by atoms with van der Waals surface area (Å²) in [5.74, 6) is -1.89. The van der Waals surface area contributed by atoms with Crippen molar-refractivity contribution in [3.8, 4) is 0 Å². The Morgan fingerprint density at radius 1 is 0.488 bits per heavy atom. The number of fused-ring (bicyclic) bond motifs is 1. The minimum Gasteiger partial charge on any atom is -0.459 e. The number of carbonyl (C=O) groups is 2. The van der Waals surface area contributed by atoms with Gasteiger partial charge in [-0.25, -0.2) is 9.59 Å². The average molecular weight is 1190 g/mol. The second-order valence-corrected chi connectivity index (χ2v) is 22.9. The van der Waals surface area contributed by atoms with E-state index in [2.05, 4.69) is 5.32 Å². The highest BCUT2D eigenvalue weighted by Crippen LogP contribution is 2.42. The number of hydrogen-bond donors (Lipinski definition) is 1. The summed E-state index contributed by atoms with van der Waals surface area (Å²) in [5, 5.41) is 2.53. The number of alkyl carbamates (subject to hydrolysis) is 1. The van der Waals surface area contributed by atoms with E-state index in [9.17, 15) is 9.59 Å². The lowest BCUT2D eigenvalue weighted by Crippen LogP contribution is -2.65. The van der Waals surface area contributed by atoms with Crippen LogP contribution < -0.4 is 5.32 Å². The molecule has 9 rings (SSSR count). The van der Waals surface area contributed by atoms with E-state index in [0.29, 0.717) is 12.2 Å². The SMILES string of the molecule is CC1(C)O[C@H]2[C@@H](O1)[C@@H](COCc1ccccc1)O[C@@H](O[C@H]1[C@H](OCc3ccccc3)[C@@H](OCc3ccccc3)[C@H](OC[C@H](NC(=O)OCC(Cl)(Cl)Cl)C(=O)OCc3ccccc3)O[C@@H]1COCc1ccccc1)[C@@H]2OCc1ccccc1. The zero-order valence-corrected chi connectivity index (χ0v) is 47.8. The molecule has 3 heterocycles. The maximum absolute atomic E-state index is 14.1. The Bertz CT molecular complexity index is 2830. The first-order chi connectivity index (χ1) is 39.8. The second-order valence-electron chi connectivity index (χ2n) is 20.4. The van der Waals surface area contributed by atoms with Gasteiger partial charge in [0.15, 0.2) is 24.4 Å². The van der Waals surface area contributed by atoms with E-state index in [1.807, 2.05) is 184 Å². The molecule has 0 bridgehead atoms. The fourth-order valence-electron chi connectivity index (χ4n) is 9.64. The summed E-state index contributed by atoms with van der Waals surface area (Å²) in [6.07, 6.45) is -10.8. The number of alkyl halides is 3. The summed E-state index contributed by atoms with van der Waals surface area (Å²) < 4.78 is 84.3. The molecule has 3 saturated heterocycles. The van der Waals surface area contributed by atoms with Gasteiger partial charge in [-0.2, -0.15) is 0 Å². The van der Waals surface area contributed by atoms with E-state index in [1.165, 1.54) is 0 Å². The molecule has 1 N–H and O–H groups in total. The number of ether oxygens (including phenoxy) is 13. The summed E-state index contributed by atoms with van der Waals surface area (Å²) in [6, 6.07) is 56.1. The van der Waals surface area contributed by atoms with Crippen molar-refractivity contribution >= 4 is 46.9 Å². The van der Waals surface area contributed by atoms with E-state index < -0.39 is 102 Å². The first-order valence-electron chi connectivity index (χ1n) is 27.2. The van der Waals surface area contributed by atoms with Gasteiger partial charge in [-0.15, -0.1) is 0 Å². The molecule has 3 aliphatic heterocycles. The molecule has 6 aromatic rings. The molecule has 16 nitrogen and oxygen atoms in total. The van der Waals surface area contributed by atoms with Crippen LogP contribution in [-0.4, -0.2) is 116 Å². The maximum Gasteiger partial charge on any atom is 0.408 e. The van der Waals surface area contributed by atoms with E-state index in [-0.39, 0.29) is 46.2 Å². The molecule has 0 aromatic heterocycles. The van der Waals surface area contributed by atoms with Gasteiger partial charge in [-0.05, 0) is 47.2 Å². The molecule has 436 valence electrons. The van der Waals surface area contributed by atoms with Gasteiger partial charge in [0.2, 0.25) is 3.79 Å². The molecule has 0 unspecified atom stereocenters. The minimum atomic E-state index is -1.94. The Morgan fingerprint density at radius 2 is 0.902 bits per heavy atom. The van der Waals surface area contributed by atoms with Gasteiger partial charge in [0.1, 0.15) is 62.0 Å². The maximum atomic E-state index is 14.1. The third-order valence-corrected chi connectivity index (χ3v) is 13.9. The van der Waals surface area contributed by atoms with Crippen molar-refractivity contribution in [1.29, 1.82) is 0 Å². The molecule has 6 aromatic carbocycles. The Labute approximate surface area is 493 Å². The van der Waals surface area contributed by atoms with Crippen molar-refractivity contribution in [1.82, 2.24) is 5.32 Å². The van der Waals surface area contributed by atoms with E-state index in [1.54, 1.807) is 12.1 Å². The van der Waals surface area contributed by atoms with Gasteiger partial charge < -0.3 is 66.9 Å². The fraction of sp³-hybridized carbons (Fsp3) is 0.397. The smallest absolute Gasteiger partial charge is 0.408 e. The second kappa shape index (κ2) is 30.3. The van der Waals surface area contributed by atoms with Crippen LogP contribution in [0.25, 0.3) is 0 Å². The third kappa shape index (κ3) is 18.5. The lowest BCUT2D eigenvalue weighted by atomic mass is 9.96. The van der Waals surface area contributed by atoms with Gasteiger partial charge in [0.25, 0.3) is 0 Å². The van der Waals surface area contributed by atoms with Crippen LogP contribution in [0.5, 0.6) is 0 Å². The van der Waals surface area contributed by atoms with Crippen LogP contribution in [0.1, 0.15) is 47.2 Å². The lowest BCUT2D eigenvalue weighted by Gasteiger charge is -2.49. The monoisotopic (exact) mass is 1180 g/mol. The predicted octanol–water partition coefficient (Wildman–Crippen LogP) is 10.8. The molecule has 0 radical (unpaired) electrons. The number of carbonyl (C=O) groups excluding carboxylic acids is 2. The van der Waals surface area contributed by atoms with Gasteiger partial charge in [0, 0.05) is 0 Å². The van der Waals surface area contributed by atoms with E-state index in [0.717, 1.165) is 27.8 Å². The van der Waals surface area contributed by atoms with Crippen LogP contribution >= 0.6 is 34.8 Å². The third-order valence-electron chi connectivity index (χ3n) is 13.6. The highest BCUT2D eigenvalue weighted by atomic mass is 35.6. The van der Waals surface area contributed by atoms with E-state index >= 15 is 0 Å². The highest BCUT2D eigenvalue weighted by molar-refractivity contribution is 6.67. The van der Waals surface area contributed by atoms with Crippen LogP contribution in [0.15, 0.2) is 182 Å². The van der Waals surface area contributed by atoms with Gasteiger partial charge in [-0.1, -0.05) is 217 Å². The summed E-state index contributed by atoms with van der Waals surface area (Å²) in [5.41, 5.74) is 5.17. The quantitative estimate of drug-likeness (QED) is 0.0382. The van der Waals surface area contributed by atoms with Crippen LogP contribution in [0.4, 0.5) is 4.79 Å². The molecule has 3 aliphatic rings. The Kier molecular flexibility index (Phi) is 22.6. The lowest BCUT2D eigenvalue weighted by molar-refractivity contribution is -0.368. The fourth-order valence-corrected chi connectivity index (χ4v) is 9.81. The zero-order valence-electron chi connectivity index (χ0n) is 45.5. The normalized spacial score (nSPS) is 24.5. The van der Waals surface area contributed by atoms with Crippen LogP contribution in [0.2, 0.25) is 0 Å². The van der Waals surface area contributed by atoms with Crippen LogP contribution in [-0.2, 0) is 106 Å². The molecule has 19 heteroatoms. The molecule has 3 fully saturated rings. The number of benzene rings is 6. The van der Waals surface area contributed by atoms with Gasteiger partial charge in [-0.3, -0.25) is 0 Å². The predicted molar refractivity (Wildman–Crippen MR) is 304 cm³/mol. The van der Waals surface area contributed by atoms with Crippen LogP contribution in [0, 0.1) is 0 Å². The summed E-state index contributed by atoms with van der Waals surface area (Å²) >= 11 is 17.8. The largest absolute Gasteiger partial charge is 0.459 e. The average Bonchev–Trinajstić information content (AvgIpc) is 3.86. The summed E-state index contributed by atoms with van der Waals surface area (Å²) in [4.78, 5) is 27.4. The van der Waals surface area contributed by atoms with Crippen molar-refractivity contribution in [2.24, 2.45) is 0 Å². The minimum absolute atomic E-state index is 0.0551. The Hall–Kier alpha value is -5.51. The molecule has 11 atom stereocenters. The van der Waals surface area contributed by atoms with Crippen LogP contribution in [0.3, 0.4) is 0 Å². The van der Waals surface area contributed by atoms with Crippen molar-refractivity contribution in [2.75, 3.05) is 26.4 Å². The number of esters is 1. The Balaban J connectivity index is 1.08. The number of nitrogens with one attached hydrogen (secondary N) is 1. The molecule has 1 amide bonds. The Morgan fingerprint density at radius 3 is 1.39 bits per heavy atom. The van der Waals surface area contributed by atoms with Crippen molar-refractivity contribution in [3.63, 3.8) is 0 Å². The number of rotatable bonds is 27. The zero-order chi connectivity index (χ0) is 57.2. The molecule has 0 spiro atoms. The van der Waals surface area contributed by atoms with Crippen molar-refractivity contribution in [3.05, 3.63) is 215 Å². The summed E-state index contributed by atoms with van der Waals surface area (Å²) in [6.45, 7) is 3.30. The van der Waals surface area contributed by atoms with Gasteiger partial charge >= 0.3 is 12.1 Å². The standard InChI is InChI=1S/C63H68Cl3NO15/c1-62(2)81-53-51(41-71-34-44-23-11-4-12-24-44)79-60(57(55(53)82-62)74-37-47-29-17-7-18-30-47)80-52-50(40-70-33-43-21-9-3-10-22-43)78-59(56(73-36-46-27-15-6-16-28-46)54(52)72-35-45-25-13-5-14-26-45)76-39-49(67-61(69)77-42-63(64,65)66)58(68)75-38-48-31-19-8-20-32-48/h3-32,49-57,59-60H,33-42H2,1-2H3,(H,67,69)/t49-,50+,51+,52+,53-,54-,55-,56+,57+,59+,60-/m0/s1. The number of halogens is 3. The first-order valence-corrected chi connectivity index (χ1v) is 28.3. The van der Waals surface area contributed by atoms with E-state index in [4.69, 9.17) is 96.4 Å². The summed E-state index contributed by atoms with van der Waals surface area (Å²) in [7, 11) is 0. The molecule has 82 heavy (non-hydrogen) atoms. The molecule has 0 saturated carbocycles. The number of hydrogen-bond acceptors (Lipinski definition) is 15. The first kappa shape index (κ1) is 61.1. The van der Waals surface area contributed by atoms with Crippen molar-refractivity contribution < 1.29 is 71.2 Å². The molecular formula is C63H68Cl3NO15. The van der Waals surface area contributed by atoms with Gasteiger partial charge in [0.05, 0.1) is 52.9 Å².